The third-order valence-electron chi connectivity index (χ3n) is 4.11. The van der Waals surface area contributed by atoms with Crippen LogP contribution in [0.15, 0.2) is 18.2 Å². The molecule has 1 aliphatic rings. The summed E-state index contributed by atoms with van der Waals surface area (Å²) in [5.74, 6) is -1.98. The average molecular weight is 343 g/mol. The number of hydrogen-bond donors (Lipinski definition) is 2. The number of rotatable bonds is 2. The predicted molar refractivity (Wildman–Crippen MR) is 81.6 cm³/mol. The number of carboxylic acid groups (broad SMARTS) is 1. The van der Waals surface area contributed by atoms with Crippen LogP contribution in [0.2, 0.25) is 5.02 Å². The highest BCUT2D eigenvalue weighted by Crippen LogP contribution is 2.42. The van der Waals surface area contributed by atoms with E-state index in [0.29, 0.717) is 11.4 Å². The molecule has 7 heteroatoms. The molecule has 3 unspecified atom stereocenters. The van der Waals surface area contributed by atoms with Crippen molar-refractivity contribution in [2.24, 2.45) is 11.8 Å². The van der Waals surface area contributed by atoms with Gasteiger partial charge in [-0.3, -0.25) is 4.79 Å². The maximum Gasteiger partial charge on any atom is 0.307 e. The van der Waals surface area contributed by atoms with Crippen molar-refractivity contribution in [2.45, 2.75) is 18.7 Å². The van der Waals surface area contributed by atoms with Gasteiger partial charge in [-0.15, -0.1) is 11.6 Å². The summed E-state index contributed by atoms with van der Waals surface area (Å²) in [6.45, 7) is 1.78. The Morgan fingerprint density at radius 3 is 2.86 bits per heavy atom. The molecule has 22 heavy (non-hydrogen) atoms. The molecule has 1 heterocycles. The third-order valence-corrected chi connectivity index (χ3v) is 5.03. The highest BCUT2D eigenvalue weighted by atomic mass is 35.5. The summed E-state index contributed by atoms with van der Waals surface area (Å²) in [6.07, 6.45) is 0.286. The van der Waals surface area contributed by atoms with Crippen molar-refractivity contribution in [3.05, 3.63) is 40.4 Å². The van der Waals surface area contributed by atoms with Crippen LogP contribution in [0, 0.1) is 17.7 Å². The Hall–Kier alpha value is -1.59. The Morgan fingerprint density at radius 1 is 1.50 bits per heavy atom. The van der Waals surface area contributed by atoms with Crippen LogP contribution >= 0.6 is 23.2 Å². The van der Waals surface area contributed by atoms with Gasteiger partial charge in [0, 0.05) is 12.1 Å². The summed E-state index contributed by atoms with van der Waals surface area (Å²) < 4.78 is 14.0. The molecule has 2 aromatic rings. The Balaban J connectivity index is 2.09. The minimum atomic E-state index is -0.899. The fourth-order valence-corrected chi connectivity index (χ4v) is 3.43. The minimum Gasteiger partial charge on any atom is -0.481 e. The van der Waals surface area contributed by atoms with Crippen molar-refractivity contribution in [1.29, 1.82) is 0 Å². The van der Waals surface area contributed by atoms with Gasteiger partial charge in [-0.2, -0.15) is 0 Å². The van der Waals surface area contributed by atoms with Gasteiger partial charge in [-0.1, -0.05) is 24.6 Å². The van der Waals surface area contributed by atoms with Crippen molar-refractivity contribution in [3.63, 3.8) is 0 Å². The number of hydrogen-bond acceptors (Lipinski definition) is 2. The lowest BCUT2D eigenvalue weighted by atomic mass is 9.80. The summed E-state index contributed by atoms with van der Waals surface area (Å²) >= 11 is 12.4. The molecule has 0 saturated heterocycles. The molecule has 3 atom stereocenters. The van der Waals surface area contributed by atoms with E-state index >= 15 is 0 Å². The van der Waals surface area contributed by atoms with Gasteiger partial charge in [0.15, 0.2) is 0 Å². The zero-order valence-electron chi connectivity index (χ0n) is 11.6. The second-order valence-electron chi connectivity index (χ2n) is 5.46. The van der Waals surface area contributed by atoms with E-state index in [1.807, 2.05) is 0 Å². The number of carbonyl (C=O) groups is 1. The first-order valence-corrected chi connectivity index (χ1v) is 7.61. The van der Waals surface area contributed by atoms with Crippen molar-refractivity contribution in [1.82, 2.24) is 9.97 Å². The number of alkyl halides is 1. The van der Waals surface area contributed by atoms with Gasteiger partial charge in [-0.05, 0) is 18.1 Å². The summed E-state index contributed by atoms with van der Waals surface area (Å²) in [4.78, 5) is 18.7. The van der Waals surface area contributed by atoms with E-state index in [9.17, 15) is 14.3 Å². The van der Waals surface area contributed by atoms with Crippen LogP contribution < -0.4 is 0 Å². The van der Waals surface area contributed by atoms with E-state index in [1.54, 1.807) is 13.0 Å². The van der Waals surface area contributed by atoms with Crippen LogP contribution in [0.3, 0.4) is 0 Å². The molecule has 116 valence electrons. The largest absolute Gasteiger partial charge is 0.481 e. The molecule has 1 aromatic carbocycles. The second-order valence-corrected chi connectivity index (χ2v) is 6.33. The number of aliphatic carboxylic acids is 1. The summed E-state index contributed by atoms with van der Waals surface area (Å²) in [5.41, 5.74) is 1.36. The van der Waals surface area contributed by atoms with Crippen LogP contribution in [0.4, 0.5) is 4.39 Å². The van der Waals surface area contributed by atoms with E-state index in [4.69, 9.17) is 23.2 Å². The van der Waals surface area contributed by atoms with E-state index in [2.05, 4.69) is 9.97 Å². The van der Waals surface area contributed by atoms with Crippen molar-refractivity contribution in [2.75, 3.05) is 0 Å². The molecule has 0 radical (unpaired) electrons. The smallest absolute Gasteiger partial charge is 0.307 e. The molecule has 0 aliphatic heterocycles. The highest BCUT2D eigenvalue weighted by Gasteiger charge is 2.39. The molecular formula is C15H13Cl2FN2O2. The number of nitrogens with zero attached hydrogens (tertiary/aromatic N) is 1. The summed E-state index contributed by atoms with van der Waals surface area (Å²) in [5, 5.41) is 8.98. The number of nitrogens with one attached hydrogen (secondary N) is 1. The van der Waals surface area contributed by atoms with Gasteiger partial charge in [0.05, 0.1) is 27.6 Å². The zero-order chi connectivity index (χ0) is 16.0. The standard InChI is InChI=1S/C15H13Cl2FN2O2/c1-6-7(15(21)22)5-10-13(12(6)17)20-14(19-10)11-8(16)3-2-4-9(11)18/h2-4,6-7,12H,5H2,1H3,(H,19,20)(H,21,22). The Bertz CT molecular complexity index is 727. The van der Waals surface area contributed by atoms with Crippen LogP contribution in [-0.4, -0.2) is 21.0 Å². The molecule has 0 spiro atoms. The lowest BCUT2D eigenvalue weighted by Crippen LogP contribution is -2.31. The topological polar surface area (TPSA) is 66.0 Å². The first-order valence-electron chi connectivity index (χ1n) is 6.80. The maximum atomic E-state index is 14.0. The van der Waals surface area contributed by atoms with E-state index in [1.165, 1.54) is 12.1 Å². The van der Waals surface area contributed by atoms with E-state index < -0.39 is 23.1 Å². The van der Waals surface area contributed by atoms with E-state index in [0.717, 1.165) is 0 Å². The second kappa shape index (κ2) is 5.56. The molecule has 1 aliphatic carbocycles. The fraction of sp³-hybridized carbons (Fsp3) is 0.333. The molecule has 4 nitrogen and oxygen atoms in total. The summed E-state index contributed by atoms with van der Waals surface area (Å²) in [6, 6.07) is 4.38. The molecule has 0 fully saturated rings. The lowest BCUT2D eigenvalue weighted by Gasteiger charge is -2.28. The van der Waals surface area contributed by atoms with Crippen LogP contribution in [0.5, 0.6) is 0 Å². The van der Waals surface area contributed by atoms with Crippen LogP contribution in [0.25, 0.3) is 11.4 Å². The van der Waals surface area contributed by atoms with Gasteiger partial charge < -0.3 is 10.1 Å². The first kappa shape index (κ1) is 15.3. The number of fused-ring (bicyclic) bond motifs is 1. The quantitative estimate of drug-likeness (QED) is 0.809. The molecule has 1 aromatic heterocycles. The monoisotopic (exact) mass is 342 g/mol. The predicted octanol–water partition coefficient (Wildman–Crippen LogP) is 4.04. The lowest BCUT2D eigenvalue weighted by molar-refractivity contribution is -0.143. The number of aromatic amines is 1. The molecule has 2 N–H and O–H groups in total. The number of imidazole rings is 1. The number of halogens is 3. The van der Waals surface area contributed by atoms with Gasteiger partial charge in [0.2, 0.25) is 0 Å². The molecule has 3 rings (SSSR count). The molecule has 0 saturated carbocycles. The Labute approximate surface area is 136 Å². The number of H-pyrrole nitrogens is 1. The van der Waals surface area contributed by atoms with Gasteiger partial charge >= 0.3 is 5.97 Å². The number of benzene rings is 1. The van der Waals surface area contributed by atoms with E-state index in [-0.39, 0.29) is 28.7 Å². The fourth-order valence-electron chi connectivity index (χ4n) is 2.82. The van der Waals surface area contributed by atoms with Gasteiger partial charge in [0.25, 0.3) is 0 Å². The van der Waals surface area contributed by atoms with Crippen LogP contribution in [0.1, 0.15) is 23.7 Å². The van der Waals surface area contributed by atoms with Crippen LogP contribution in [-0.2, 0) is 11.2 Å². The highest BCUT2D eigenvalue weighted by molar-refractivity contribution is 6.33. The third kappa shape index (κ3) is 2.38. The zero-order valence-corrected chi connectivity index (χ0v) is 13.1. The Kier molecular flexibility index (Phi) is 3.87. The Morgan fingerprint density at radius 2 is 2.23 bits per heavy atom. The number of aromatic nitrogens is 2. The minimum absolute atomic E-state index is 0.168. The van der Waals surface area contributed by atoms with Crippen molar-refractivity contribution >= 4 is 29.2 Å². The number of carboxylic acids is 1. The van der Waals surface area contributed by atoms with Gasteiger partial charge in [-0.25, -0.2) is 9.37 Å². The van der Waals surface area contributed by atoms with Crippen molar-refractivity contribution < 1.29 is 14.3 Å². The average Bonchev–Trinajstić information content (AvgIpc) is 2.86. The summed E-state index contributed by atoms with van der Waals surface area (Å²) in [7, 11) is 0. The molecular weight excluding hydrogens is 330 g/mol. The molecule has 0 amide bonds. The normalized spacial score (nSPS) is 24.1. The maximum absolute atomic E-state index is 14.0. The van der Waals surface area contributed by atoms with Crippen molar-refractivity contribution in [3.8, 4) is 11.4 Å². The SMILES string of the molecule is CC1C(C(=O)O)Cc2[nH]c(-c3c(F)cccc3Cl)nc2C1Cl. The first-order chi connectivity index (χ1) is 10.4. The van der Waals surface area contributed by atoms with Gasteiger partial charge in [0.1, 0.15) is 11.6 Å². The molecule has 0 bridgehead atoms.